The summed E-state index contributed by atoms with van der Waals surface area (Å²) in [4.78, 5) is 4.39. The molecule has 0 saturated carbocycles. The molecule has 0 aliphatic rings. The number of benzene rings is 1. The fourth-order valence-corrected chi connectivity index (χ4v) is 3.78. The van der Waals surface area contributed by atoms with Crippen LogP contribution in [0.2, 0.25) is 5.15 Å². The number of halogens is 1. The molecule has 1 atom stereocenters. The van der Waals surface area contributed by atoms with Crippen LogP contribution in [0.15, 0.2) is 35.2 Å². The Morgan fingerprint density at radius 2 is 1.90 bits per heavy atom. The van der Waals surface area contributed by atoms with E-state index in [0.717, 1.165) is 11.8 Å². The van der Waals surface area contributed by atoms with Crippen molar-refractivity contribution in [1.29, 1.82) is 0 Å². The Morgan fingerprint density at radius 1 is 1.19 bits per heavy atom. The van der Waals surface area contributed by atoms with Crippen LogP contribution in [0.3, 0.4) is 0 Å². The van der Waals surface area contributed by atoms with Crippen LogP contribution < -0.4 is 4.72 Å². The van der Waals surface area contributed by atoms with Crippen LogP contribution in [-0.2, 0) is 10.0 Å². The van der Waals surface area contributed by atoms with Crippen LogP contribution in [0.5, 0.6) is 0 Å². The molecule has 0 amide bonds. The molecule has 0 bridgehead atoms. The Labute approximate surface area is 130 Å². The van der Waals surface area contributed by atoms with Crippen molar-refractivity contribution in [3.8, 4) is 0 Å². The molecule has 1 heterocycles. The molecule has 4 nitrogen and oxygen atoms in total. The van der Waals surface area contributed by atoms with E-state index in [1.807, 2.05) is 6.92 Å². The summed E-state index contributed by atoms with van der Waals surface area (Å²) < 4.78 is 27.5. The highest BCUT2D eigenvalue weighted by Gasteiger charge is 2.18. The summed E-state index contributed by atoms with van der Waals surface area (Å²) in [5.41, 5.74) is 0.677. The maximum absolute atomic E-state index is 12.4. The van der Waals surface area contributed by atoms with Crippen LogP contribution in [0, 0.1) is 5.92 Å². The number of fused-ring (bicyclic) bond motifs is 1. The molecule has 0 fully saturated rings. The van der Waals surface area contributed by atoms with Crippen molar-refractivity contribution in [2.45, 2.75) is 38.1 Å². The van der Waals surface area contributed by atoms with E-state index in [1.54, 1.807) is 30.3 Å². The van der Waals surface area contributed by atoms with Gasteiger partial charge in [0.15, 0.2) is 0 Å². The van der Waals surface area contributed by atoms with Crippen molar-refractivity contribution in [2.24, 2.45) is 5.92 Å². The number of nitrogens with one attached hydrogen (secondary N) is 1. The quantitative estimate of drug-likeness (QED) is 0.854. The summed E-state index contributed by atoms with van der Waals surface area (Å²) >= 11 is 5.82. The minimum absolute atomic E-state index is 0.103. The highest BCUT2D eigenvalue weighted by Crippen LogP contribution is 2.20. The first-order chi connectivity index (χ1) is 9.78. The Morgan fingerprint density at radius 3 is 2.57 bits per heavy atom. The van der Waals surface area contributed by atoms with E-state index < -0.39 is 10.0 Å². The predicted octanol–water partition coefficient (Wildman–Crippen LogP) is 3.60. The lowest BCUT2D eigenvalue weighted by Gasteiger charge is -2.16. The molecule has 1 aromatic carbocycles. The van der Waals surface area contributed by atoms with Gasteiger partial charge in [-0.15, -0.1) is 0 Å². The Hall–Kier alpha value is -1.17. The van der Waals surface area contributed by atoms with Gasteiger partial charge in [0.2, 0.25) is 10.0 Å². The maximum Gasteiger partial charge on any atom is 0.240 e. The second-order valence-electron chi connectivity index (χ2n) is 5.64. The van der Waals surface area contributed by atoms with Crippen molar-refractivity contribution in [3.05, 3.63) is 35.5 Å². The van der Waals surface area contributed by atoms with Crippen molar-refractivity contribution in [1.82, 2.24) is 9.71 Å². The van der Waals surface area contributed by atoms with Gasteiger partial charge in [-0.25, -0.2) is 18.1 Å². The molecule has 1 unspecified atom stereocenters. The molecule has 0 radical (unpaired) electrons. The monoisotopic (exact) mass is 326 g/mol. The van der Waals surface area contributed by atoms with Gasteiger partial charge in [-0.3, -0.25) is 0 Å². The zero-order valence-electron chi connectivity index (χ0n) is 12.3. The topological polar surface area (TPSA) is 59.1 Å². The van der Waals surface area contributed by atoms with Gasteiger partial charge < -0.3 is 0 Å². The highest BCUT2D eigenvalue weighted by molar-refractivity contribution is 7.89. The van der Waals surface area contributed by atoms with E-state index in [2.05, 4.69) is 23.6 Å². The van der Waals surface area contributed by atoms with E-state index in [1.165, 1.54) is 0 Å². The van der Waals surface area contributed by atoms with Crippen molar-refractivity contribution >= 4 is 32.5 Å². The Balaban J connectivity index is 2.30. The van der Waals surface area contributed by atoms with Crippen molar-refractivity contribution < 1.29 is 8.42 Å². The molecule has 0 aliphatic carbocycles. The van der Waals surface area contributed by atoms with Gasteiger partial charge in [0.1, 0.15) is 5.15 Å². The minimum atomic E-state index is -3.52. The van der Waals surface area contributed by atoms with Crippen LogP contribution in [0.1, 0.15) is 27.2 Å². The standard InChI is InChI=1S/C15H19ClN2O2S/c1-10(2)8-11(3)18-21(19,20)13-5-6-14-12(9-13)4-7-15(16)17-14/h4-7,9-11,18H,8H2,1-3H3. The first-order valence-electron chi connectivity index (χ1n) is 6.86. The molecular formula is C15H19ClN2O2S. The summed E-state index contributed by atoms with van der Waals surface area (Å²) in [6.07, 6.45) is 0.796. The van der Waals surface area contributed by atoms with Gasteiger partial charge in [-0.2, -0.15) is 0 Å². The zero-order chi connectivity index (χ0) is 15.6. The molecule has 0 aliphatic heterocycles. The largest absolute Gasteiger partial charge is 0.240 e. The second-order valence-corrected chi connectivity index (χ2v) is 7.74. The lowest BCUT2D eigenvalue weighted by Crippen LogP contribution is -2.33. The third-order valence-electron chi connectivity index (χ3n) is 3.12. The van der Waals surface area contributed by atoms with Gasteiger partial charge >= 0.3 is 0 Å². The van der Waals surface area contributed by atoms with Crippen molar-refractivity contribution in [3.63, 3.8) is 0 Å². The minimum Gasteiger partial charge on any atom is -0.236 e. The molecular weight excluding hydrogens is 308 g/mol. The molecule has 2 rings (SSSR count). The third kappa shape index (κ3) is 4.15. The summed E-state index contributed by atoms with van der Waals surface area (Å²) in [7, 11) is -3.52. The smallest absolute Gasteiger partial charge is 0.236 e. The number of hydrogen-bond acceptors (Lipinski definition) is 3. The van der Waals surface area contributed by atoms with Crippen LogP contribution in [0.4, 0.5) is 0 Å². The molecule has 0 spiro atoms. The molecule has 114 valence electrons. The molecule has 0 saturated heterocycles. The van der Waals surface area contributed by atoms with Gasteiger partial charge in [0.25, 0.3) is 0 Å². The van der Waals surface area contributed by atoms with Crippen LogP contribution in [0.25, 0.3) is 10.9 Å². The molecule has 6 heteroatoms. The Kier molecular flexibility index (Phi) is 4.86. The SMILES string of the molecule is CC(C)CC(C)NS(=O)(=O)c1ccc2nc(Cl)ccc2c1. The van der Waals surface area contributed by atoms with E-state index in [9.17, 15) is 8.42 Å². The summed E-state index contributed by atoms with van der Waals surface area (Å²) in [5, 5.41) is 1.14. The number of rotatable bonds is 5. The van der Waals surface area contributed by atoms with Gasteiger partial charge in [0, 0.05) is 11.4 Å². The van der Waals surface area contributed by atoms with E-state index in [0.29, 0.717) is 16.6 Å². The van der Waals surface area contributed by atoms with Gasteiger partial charge in [-0.1, -0.05) is 25.4 Å². The molecule has 21 heavy (non-hydrogen) atoms. The fourth-order valence-electron chi connectivity index (χ4n) is 2.33. The first kappa shape index (κ1) is 16.2. The highest BCUT2D eigenvalue weighted by atomic mass is 35.5. The number of sulfonamides is 1. The van der Waals surface area contributed by atoms with Crippen LogP contribution >= 0.6 is 11.6 Å². The number of pyridine rings is 1. The molecule has 1 aromatic heterocycles. The third-order valence-corrected chi connectivity index (χ3v) is 4.92. The zero-order valence-corrected chi connectivity index (χ0v) is 13.9. The summed E-state index contributed by atoms with van der Waals surface area (Å²) in [6.45, 7) is 6.01. The number of aromatic nitrogens is 1. The maximum atomic E-state index is 12.4. The van der Waals surface area contributed by atoms with E-state index in [-0.39, 0.29) is 10.9 Å². The summed E-state index contributed by atoms with van der Waals surface area (Å²) in [6, 6.07) is 8.15. The lowest BCUT2D eigenvalue weighted by atomic mass is 10.1. The van der Waals surface area contributed by atoms with Crippen LogP contribution in [-0.4, -0.2) is 19.4 Å². The molecule has 1 N–H and O–H groups in total. The average molecular weight is 327 g/mol. The first-order valence-corrected chi connectivity index (χ1v) is 8.72. The average Bonchev–Trinajstić information content (AvgIpc) is 2.36. The number of hydrogen-bond donors (Lipinski definition) is 1. The van der Waals surface area contributed by atoms with Gasteiger partial charge in [-0.05, 0) is 49.6 Å². The fraction of sp³-hybridized carbons (Fsp3) is 0.400. The Bertz CT molecular complexity index is 744. The number of nitrogens with zero attached hydrogens (tertiary/aromatic N) is 1. The van der Waals surface area contributed by atoms with Gasteiger partial charge in [0.05, 0.1) is 10.4 Å². The predicted molar refractivity (Wildman–Crippen MR) is 86.0 cm³/mol. The van der Waals surface area contributed by atoms with E-state index in [4.69, 9.17) is 11.6 Å². The molecule has 2 aromatic rings. The lowest BCUT2D eigenvalue weighted by molar-refractivity contribution is 0.482. The normalized spacial score (nSPS) is 13.8. The van der Waals surface area contributed by atoms with Crippen molar-refractivity contribution in [2.75, 3.05) is 0 Å². The second kappa shape index (κ2) is 6.30. The summed E-state index contributed by atoms with van der Waals surface area (Å²) in [5.74, 6) is 0.436. The van der Waals surface area contributed by atoms with E-state index >= 15 is 0 Å².